The van der Waals surface area contributed by atoms with Crippen molar-refractivity contribution in [1.82, 2.24) is 5.32 Å². The van der Waals surface area contributed by atoms with Crippen molar-refractivity contribution in [3.05, 3.63) is 0 Å². The third-order valence-electron chi connectivity index (χ3n) is 2.31. The van der Waals surface area contributed by atoms with Crippen molar-refractivity contribution in [2.24, 2.45) is 5.73 Å². The molecule has 3 N–H and O–H groups in total. The highest BCUT2D eigenvalue weighted by Crippen LogP contribution is 2.06. The van der Waals surface area contributed by atoms with Crippen LogP contribution >= 0.6 is 0 Å². The van der Waals surface area contributed by atoms with Gasteiger partial charge < -0.3 is 19.9 Å². The van der Waals surface area contributed by atoms with Crippen LogP contribution in [0.1, 0.15) is 33.6 Å². The quantitative estimate of drug-likeness (QED) is 0.525. The average Bonchev–Trinajstić information content (AvgIpc) is 2.72. The fourth-order valence-corrected chi connectivity index (χ4v) is 1.84. The number of hydrogen-bond acceptors (Lipinski definition) is 4. The van der Waals surface area contributed by atoms with Crippen molar-refractivity contribution in [2.75, 3.05) is 19.8 Å². The van der Waals surface area contributed by atoms with Gasteiger partial charge in [-0.3, -0.25) is 0 Å². The van der Waals surface area contributed by atoms with E-state index in [0.717, 1.165) is 19.8 Å². The smallest absolute Gasteiger partial charge is 0.304 e. The number of nitrogens with two attached hydrogens (primary N) is 1. The molecule has 15 heavy (non-hydrogen) atoms. The number of nitrogens with one attached hydrogen (secondary N) is 1. The van der Waals surface area contributed by atoms with Crippen LogP contribution in [0.2, 0.25) is 0 Å². The van der Waals surface area contributed by atoms with E-state index in [1.165, 1.54) is 12.8 Å². The molecule has 0 amide bonds. The Kier molecular flexibility index (Phi) is 10.6. The van der Waals surface area contributed by atoms with Gasteiger partial charge in [0, 0.05) is 25.3 Å². The summed E-state index contributed by atoms with van der Waals surface area (Å²) in [7, 11) is -0.589. The van der Waals surface area contributed by atoms with E-state index in [9.17, 15) is 0 Å². The van der Waals surface area contributed by atoms with Gasteiger partial charge >= 0.3 is 10.0 Å². The molecule has 0 radical (unpaired) electrons. The van der Waals surface area contributed by atoms with Crippen LogP contribution in [0.4, 0.5) is 0 Å². The summed E-state index contributed by atoms with van der Waals surface area (Å²) in [6, 6.07) is 0.924. The van der Waals surface area contributed by atoms with Crippen molar-refractivity contribution >= 4 is 10.0 Å². The summed E-state index contributed by atoms with van der Waals surface area (Å²) in [5.41, 5.74) is 5.64. The molecular formula is C10H26N2O2Si. The summed E-state index contributed by atoms with van der Waals surface area (Å²) < 4.78 is 9.98. The molecule has 1 fully saturated rings. The molecule has 5 heteroatoms. The molecule has 92 valence electrons. The van der Waals surface area contributed by atoms with Gasteiger partial charge in [-0.15, -0.1) is 0 Å². The third-order valence-corrected chi connectivity index (χ3v) is 3.46. The van der Waals surface area contributed by atoms with Gasteiger partial charge in [0.05, 0.1) is 0 Å². The summed E-state index contributed by atoms with van der Waals surface area (Å²) in [6.07, 6.45) is 2.56. The van der Waals surface area contributed by atoms with Gasteiger partial charge in [0.25, 0.3) is 0 Å². The minimum absolute atomic E-state index is 0.331. The van der Waals surface area contributed by atoms with Crippen LogP contribution in [-0.2, 0) is 8.85 Å². The van der Waals surface area contributed by atoms with Gasteiger partial charge in [-0.2, -0.15) is 0 Å². The molecule has 0 aromatic carbocycles. The Morgan fingerprint density at radius 1 is 1.40 bits per heavy atom. The zero-order chi connectivity index (χ0) is 11.5. The highest BCUT2D eigenvalue weighted by molar-refractivity contribution is 6.17. The van der Waals surface area contributed by atoms with Crippen LogP contribution in [0.15, 0.2) is 0 Å². The topological polar surface area (TPSA) is 56.5 Å². The standard InChI is InChI=1S/C6H14N2.C4H12O2Si/c1-5(7)6-3-2-4-8-6;1-3-5-7-6-4-2/h5-6,8H,2-4,7H2,1H3;3-4,7H2,1-2H3. The maximum absolute atomic E-state index is 5.64. The molecule has 1 aliphatic heterocycles. The van der Waals surface area contributed by atoms with Crippen molar-refractivity contribution < 1.29 is 8.85 Å². The van der Waals surface area contributed by atoms with Crippen LogP contribution < -0.4 is 11.1 Å². The summed E-state index contributed by atoms with van der Waals surface area (Å²) in [5, 5.41) is 3.33. The third kappa shape index (κ3) is 9.01. The lowest BCUT2D eigenvalue weighted by atomic mass is 10.1. The van der Waals surface area contributed by atoms with E-state index in [1.54, 1.807) is 0 Å². The normalized spacial score (nSPS) is 22.0. The molecule has 2 atom stereocenters. The summed E-state index contributed by atoms with van der Waals surface area (Å²) in [4.78, 5) is 0. The van der Waals surface area contributed by atoms with Crippen LogP contribution in [0.25, 0.3) is 0 Å². The second-order valence-electron chi connectivity index (χ2n) is 3.67. The largest absolute Gasteiger partial charge is 0.399 e. The average molecular weight is 234 g/mol. The molecule has 2 unspecified atom stereocenters. The molecule has 0 saturated carbocycles. The first-order valence-electron chi connectivity index (χ1n) is 5.86. The Labute approximate surface area is 96.0 Å². The molecule has 0 spiro atoms. The first-order valence-corrected chi connectivity index (χ1v) is 7.02. The number of hydrogen-bond donors (Lipinski definition) is 2. The monoisotopic (exact) mass is 234 g/mol. The van der Waals surface area contributed by atoms with Gasteiger partial charge in [0.15, 0.2) is 0 Å². The Bertz CT molecular complexity index is 127. The lowest BCUT2D eigenvalue weighted by molar-refractivity contribution is 0.240. The van der Waals surface area contributed by atoms with E-state index in [4.69, 9.17) is 14.6 Å². The maximum Gasteiger partial charge on any atom is 0.304 e. The molecule has 0 aromatic heterocycles. The molecule has 0 bridgehead atoms. The van der Waals surface area contributed by atoms with E-state index in [2.05, 4.69) is 12.2 Å². The Morgan fingerprint density at radius 2 is 2.00 bits per heavy atom. The first-order chi connectivity index (χ1) is 7.22. The minimum Gasteiger partial charge on any atom is -0.399 e. The molecular weight excluding hydrogens is 208 g/mol. The van der Waals surface area contributed by atoms with Crippen molar-refractivity contribution in [3.63, 3.8) is 0 Å². The second-order valence-corrected chi connectivity index (χ2v) is 4.72. The van der Waals surface area contributed by atoms with Gasteiger partial charge in [0.1, 0.15) is 0 Å². The predicted octanol–water partition coefficient (Wildman–Crippen LogP) is 0.144. The zero-order valence-electron chi connectivity index (χ0n) is 10.3. The highest BCUT2D eigenvalue weighted by Gasteiger charge is 2.16. The molecule has 0 aromatic rings. The summed E-state index contributed by atoms with van der Waals surface area (Å²) in [5.74, 6) is 0. The Morgan fingerprint density at radius 3 is 2.27 bits per heavy atom. The fraction of sp³-hybridized carbons (Fsp3) is 1.00. The highest BCUT2D eigenvalue weighted by atomic mass is 28.3. The fourth-order valence-electron chi connectivity index (χ4n) is 1.39. The van der Waals surface area contributed by atoms with Gasteiger partial charge in [-0.05, 0) is 40.2 Å². The van der Waals surface area contributed by atoms with Crippen LogP contribution in [-0.4, -0.2) is 41.8 Å². The van der Waals surface area contributed by atoms with Crippen LogP contribution in [0, 0.1) is 0 Å². The van der Waals surface area contributed by atoms with Crippen LogP contribution in [0.3, 0.4) is 0 Å². The van der Waals surface area contributed by atoms with E-state index < -0.39 is 10.0 Å². The maximum atomic E-state index is 5.64. The first kappa shape index (κ1) is 15.1. The Balaban J connectivity index is 0.000000265. The lowest BCUT2D eigenvalue weighted by Crippen LogP contribution is -2.38. The summed E-state index contributed by atoms with van der Waals surface area (Å²) in [6.45, 7) is 8.77. The van der Waals surface area contributed by atoms with Crippen molar-refractivity contribution in [3.8, 4) is 0 Å². The SMILES string of the molecule is CC(N)C1CCCN1.CCO[SiH2]OCC. The van der Waals surface area contributed by atoms with Gasteiger partial charge in [-0.25, -0.2) is 0 Å². The molecule has 1 rings (SSSR count). The minimum atomic E-state index is -0.589. The van der Waals surface area contributed by atoms with E-state index in [1.807, 2.05) is 13.8 Å². The van der Waals surface area contributed by atoms with Crippen LogP contribution in [0.5, 0.6) is 0 Å². The second kappa shape index (κ2) is 10.6. The summed E-state index contributed by atoms with van der Waals surface area (Å²) >= 11 is 0. The van der Waals surface area contributed by atoms with E-state index >= 15 is 0 Å². The van der Waals surface area contributed by atoms with Gasteiger partial charge in [0.2, 0.25) is 0 Å². The Hall–Kier alpha value is 0.0569. The molecule has 4 nitrogen and oxygen atoms in total. The van der Waals surface area contributed by atoms with E-state index in [-0.39, 0.29) is 0 Å². The lowest BCUT2D eigenvalue weighted by Gasteiger charge is -2.12. The predicted molar refractivity (Wildman–Crippen MR) is 66.5 cm³/mol. The van der Waals surface area contributed by atoms with E-state index in [0.29, 0.717) is 12.1 Å². The van der Waals surface area contributed by atoms with Gasteiger partial charge in [-0.1, -0.05) is 0 Å². The number of rotatable bonds is 5. The molecule has 1 aliphatic rings. The zero-order valence-corrected chi connectivity index (χ0v) is 11.7. The molecule has 1 heterocycles. The molecule has 1 saturated heterocycles. The van der Waals surface area contributed by atoms with Crippen molar-refractivity contribution in [1.29, 1.82) is 0 Å². The van der Waals surface area contributed by atoms with Crippen molar-refractivity contribution in [2.45, 2.75) is 45.7 Å². The molecule has 0 aliphatic carbocycles.